The van der Waals surface area contributed by atoms with Crippen molar-refractivity contribution in [3.8, 4) is 0 Å². The Labute approximate surface area is 114 Å². The number of nitrogens with one attached hydrogen (secondary N) is 2. The van der Waals surface area contributed by atoms with E-state index in [4.69, 9.17) is 0 Å². The van der Waals surface area contributed by atoms with Gasteiger partial charge in [0.15, 0.2) is 0 Å². The van der Waals surface area contributed by atoms with Gasteiger partial charge in [-0.1, -0.05) is 13.8 Å². The van der Waals surface area contributed by atoms with E-state index < -0.39 is 11.5 Å². The summed E-state index contributed by atoms with van der Waals surface area (Å²) in [5.41, 5.74) is -1.06. The molecule has 5 heteroatoms. The van der Waals surface area contributed by atoms with E-state index in [0.29, 0.717) is 24.7 Å². The molecule has 2 aliphatic rings. The molecule has 3 N–H and O–H groups in total. The molecule has 2 fully saturated rings. The highest BCUT2D eigenvalue weighted by Crippen LogP contribution is 2.32. The van der Waals surface area contributed by atoms with Crippen molar-refractivity contribution in [2.45, 2.75) is 64.0 Å². The van der Waals surface area contributed by atoms with Gasteiger partial charge in [-0.2, -0.15) is 0 Å². The van der Waals surface area contributed by atoms with Gasteiger partial charge in [0.2, 0.25) is 0 Å². The highest BCUT2D eigenvalue weighted by molar-refractivity contribution is 5.86. The molecular weight excluding hydrogens is 244 g/mol. The molecule has 0 aromatic heterocycles. The fourth-order valence-corrected chi connectivity index (χ4v) is 3.11. The summed E-state index contributed by atoms with van der Waals surface area (Å²) < 4.78 is 0. The van der Waals surface area contributed by atoms with Crippen LogP contribution in [-0.4, -0.2) is 28.7 Å². The van der Waals surface area contributed by atoms with E-state index in [1.165, 1.54) is 0 Å². The minimum Gasteiger partial charge on any atom is -0.480 e. The summed E-state index contributed by atoms with van der Waals surface area (Å²) in [6.45, 7) is 4.28. The number of rotatable bonds is 3. The summed E-state index contributed by atoms with van der Waals surface area (Å²) >= 11 is 0. The van der Waals surface area contributed by atoms with Gasteiger partial charge in [0.05, 0.1) is 0 Å². The number of hydrogen-bond acceptors (Lipinski definition) is 2. The molecule has 0 aliphatic heterocycles. The first-order valence-electron chi connectivity index (χ1n) is 7.23. The molecule has 0 radical (unpaired) electrons. The van der Waals surface area contributed by atoms with Crippen molar-refractivity contribution in [2.24, 2.45) is 11.8 Å². The van der Waals surface area contributed by atoms with Gasteiger partial charge in [-0.25, -0.2) is 9.59 Å². The molecule has 2 rings (SSSR count). The molecule has 0 atom stereocenters. The van der Waals surface area contributed by atoms with Gasteiger partial charge in [0, 0.05) is 6.04 Å². The Balaban J connectivity index is 1.89. The van der Waals surface area contributed by atoms with E-state index >= 15 is 0 Å². The van der Waals surface area contributed by atoms with Gasteiger partial charge < -0.3 is 15.7 Å². The minimum absolute atomic E-state index is 0.211. The highest BCUT2D eigenvalue weighted by atomic mass is 16.4. The average molecular weight is 268 g/mol. The van der Waals surface area contributed by atoms with Crippen molar-refractivity contribution in [1.29, 1.82) is 0 Å². The van der Waals surface area contributed by atoms with Crippen molar-refractivity contribution in [3.05, 3.63) is 0 Å². The fraction of sp³-hybridized carbons (Fsp3) is 0.857. The number of carboxylic acids is 1. The zero-order chi connectivity index (χ0) is 14.0. The highest BCUT2D eigenvalue weighted by Gasteiger charge is 2.43. The molecule has 2 saturated carbocycles. The van der Waals surface area contributed by atoms with Gasteiger partial charge in [-0.15, -0.1) is 0 Å². The Bertz CT molecular complexity index is 356. The second kappa shape index (κ2) is 5.39. The Morgan fingerprint density at radius 3 is 2.16 bits per heavy atom. The topological polar surface area (TPSA) is 78.4 Å². The zero-order valence-corrected chi connectivity index (χ0v) is 11.7. The Morgan fingerprint density at radius 1 is 1.11 bits per heavy atom. The summed E-state index contributed by atoms with van der Waals surface area (Å²) in [5.74, 6) is 0.301. The molecule has 5 nitrogen and oxygen atoms in total. The molecule has 108 valence electrons. The van der Waals surface area contributed by atoms with Crippen LogP contribution in [0.4, 0.5) is 4.79 Å². The molecule has 2 amide bonds. The molecule has 0 spiro atoms. The van der Waals surface area contributed by atoms with Crippen LogP contribution < -0.4 is 10.6 Å². The maximum Gasteiger partial charge on any atom is 0.329 e. The third-order valence-corrected chi connectivity index (χ3v) is 4.60. The molecule has 2 aliphatic carbocycles. The van der Waals surface area contributed by atoms with Crippen molar-refractivity contribution in [1.82, 2.24) is 10.6 Å². The fourth-order valence-electron chi connectivity index (χ4n) is 3.11. The third-order valence-electron chi connectivity index (χ3n) is 4.60. The van der Waals surface area contributed by atoms with Crippen LogP contribution >= 0.6 is 0 Å². The van der Waals surface area contributed by atoms with E-state index in [1.54, 1.807) is 0 Å². The van der Waals surface area contributed by atoms with Crippen molar-refractivity contribution >= 4 is 12.0 Å². The normalized spacial score (nSPS) is 38.1. The number of hydrogen-bond donors (Lipinski definition) is 3. The van der Waals surface area contributed by atoms with Crippen LogP contribution in [-0.2, 0) is 4.79 Å². The number of amides is 2. The maximum atomic E-state index is 11.9. The lowest BCUT2D eigenvalue weighted by atomic mass is 9.77. The van der Waals surface area contributed by atoms with Crippen molar-refractivity contribution < 1.29 is 14.7 Å². The molecule has 0 heterocycles. The Morgan fingerprint density at radius 2 is 1.68 bits per heavy atom. The Hall–Kier alpha value is -1.26. The van der Waals surface area contributed by atoms with Crippen LogP contribution in [0.5, 0.6) is 0 Å². The predicted octanol–water partition coefficient (Wildman–Crippen LogP) is 2.12. The number of carbonyl (C=O) groups is 2. The van der Waals surface area contributed by atoms with E-state index in [-0.39, 0.29) is 12.1 Å². The maximum absolute atomic E-state index is 11.9. The monoisotopic (exact) mass is 268 g/mol. The van der Waals surface area contributed by atoms with Crippen LogP contribution in [0.15, 0.2) is 0 Å². The van der Waals surface area contributed by atoms with Crippen LogP contribution in [0.2, 0.25) is 0 Å². The van der Waals surface area contributed by atoms with Gasteiger partial charge in [-0.05, 0) is 50.4 Å². The van der Waals surface area contributed by atoms with Crippen LogP contribution in [0.25, 0.3) is 0 Å². The molecule has 0 saturated heterocycles. The second-order valence-electron chi connectivity index (χ2n) is 6.44. The molecule has 0 aromatic rings. The van der Waals surface area contributed by atoms with Crippen molar-refractivity contribution in [3.63, 3.8) is 0 Å². The van der Waals surface area contributed by atoms with E-state index in [9.17, 15) is 14.7 Å². The lowest BCUT2D eigenvalue weighted by molar-refractivity contribution is -0.146. The molecule has 19 heavy (non-hydrogen) atoms. The summed E-state index contributed by atoms with van der Waals surface area (Å²) in [6.07, 6.45) is 4.74. The predicted molar refractivity (Wildman–Crippen MR) is 71.9 cm³/mol. The standard InChI is InChI=1S/C14H24N2O3/c1-9-3-5-14(6-4-9,12(17)18)16-13(19)15-11-7-10(2)8-11/h9-11H,3-8H2,1-2H3,(H,17,18)(H2,15,16,19). The SMILES string of the molecule is CC1CCC(NC(=O)NC2CC(C)C2)(C(=O)O)CC1. The largest absolute Gasteiger partial charge is 0.480 e. The average Bonchev–Trinajstić information content (AvgIpc) is 2.30. The van der Waals surface area contributed by atoms with Gasteiger partial charge in [0.25, 0.3) is 0 Å². The minimum atomic E-state index is -1.06. The van der Waals surface area contributed by atoms with Crippen LogP contribution in [0.1, 0.15) is 52.4 Å². The summed E-state index contributed by atoms with van der Waals surface area (Å²) in [6, 6.07) is -0.114. The van der Waals surface area contributed by atoms with E-state index in [1.807, 2.05) is 0 Å². The summed E-state index contributed by atoms with van der Waals surface area (Å²) in [4.78, 5) is 23.4. The zero-order valence-electron chi connectivity index (χ0n) is 11.7. The van der Waals surface area contributed by atoms with Crippen molar-refractivity contribution in [2.75, 3.05) is 0 Å². The molecule has 0 bridgehead atoms. The number of aliphatic carboxylic acids is 1. The first-order valence-corrected chi connectivity index (χ1v) is 7.23. The van der Waals surface area contributed by atoms with E-state index in [0.717, 1.165) is 25.7 Å². The first-order chi connectivity index (χ1) is 8.91. The van der Waals surface area contributed by atoms with Gasteiger partial charge in [-0.3, -0.25) is 0 Å². The molecule has 0 aromatic carbocycles. The van der Waals surface area contributed by atoms with Gasteiger partial charge >= 0.3 is 12.0 Å². The molecular formula is C14H24N2O3. The summed E-state index contributed by atoms with van der Waals surface area (Å²) in [7, 11) is 0. The number of carboxylic acid groups (broad SMARTS) is 1. The van der Waals surface area contributed by atoms with Crippen LogP contribution in [0.3, 0.4) is 0 Å². The lowest BCUT2D eigenvalue weighted by Gasteiger charge is -2.38. The number of carbonyl (C=O) groups excluding carboxylic acids is 1. The molecule has 0 unspecified atom stereocenters. The summed E-state index contributed by atoms with van der Waals surface area (Å²) in [5, 5.41) is 15.0. The van der Waals surface area contributed by atoms with E-state index in [2.05, 4.69) is 24.5 Å². The quantitative estimate of drug-likeness (QED) is 0.733. The van der Waals surface area contributed by atoms with Gasteiger partial charge in [0.1, 0.15) is 5.54 Å². The lowest BCUT2D eigenvalue weighted by Crippen LogP contribution is -2.60. The van der Waals surface area contributed by atoms with Crippen LogP contribution in [0, 0.1) is 11.8 Å². The Kier molecular flexibility index (Phi) is 4.02. The second-order valence-corrected chi connectivity index (χ2v) is 6.44. The number of urea groups is 1. The smallest absolute Gasteiger partial charge is 0.329 e. The third kappa shape index (κ3) is 3.19. The first kappa shape index (κ1) is 14.2.